The van der Waals surface area contributed by atoms with Gasteiger partial charge in [-0.05, 0) is 38.1 Å². The molecule has 2 aromatic carbocycles. The highest BCUT2D eigenvalue weighted by Gasteiger charge is 2.40. The van der Waals surface area contributed by atoms with E-state index in [1.807, 2.05) is 0 Å². The molecule has 2 atom stereocenters. The minimum Gasteiger partial charge on any atom is -0.476 e. The van der Waals surface area contributed by atoms with Crippen LogP contribution in [0.1, 0.15) is 36.3 Å². The van der Waals surface area contributed by atoms with Crippen molar-refractivity contribution in [3.8, 4) is 0 Å². The maximum atomic E-state index is 14.4. The summed E-state index contributed by atoms with van der Waals surface area (Å²) in [6.45, 7) is 2.31. The lowest BCUT2D eigenvalue weighted by Crippen LogP contribution is -2.46. The minimum absolute atomic E-state index is 0.0835. The summed E-state index contributed by atoms with van der Waals surface area (Å²) >= 11 is 5.78. The first-order chi connectivity index (χ1) is 19.5. The van der Waals surface area contributed by atoms with E-state index in [1.165, 1.54) is 36.4 Å². The van der Waals surface area contributed by atoms with Crippen LogP contribution < -0.4 is 10.6 Å². The van der Waals surface area contributed by atoms with Gasteiger partial charge in [0.1, 0.15) is 24.6 Å². The van der Waals surface area contributed by atoms with Crippen molar-refractivity contribution in [3.05, 3.63) is 58.5 Å². The van der Waals surface area contributed by atoms with Crippen LogP contribution in [-0.2, 0) is 36.3 Å². The van der Waals surface area contributed by atoms with Gasteiger partial charge in [-0.15, -0.1) is 0 Å². The molecular formula is C26H28ClF2N4O7P. The summed E-state index contributed by atoms with van der Waals surface area (Å²) < 4.78 is 53.8. The van der Waals surface area contributed by atoms with E-state index in [0.717, 1.165) is 9.58 Å². The number of nitrogens with zero attached hydrogens (tertiary/aromatic N) is 3. The number of amides is 2. The van der Waals surface area contributed by atoms with Crippen LogP contribution in [-0.4, -0.2) is 69.5 Å². The molecule has 4 rings (SSSR count). The molecule has 0 unspecified atom stereocenters. The maximum Gasteiger partial charge on any atom is 0.361 e. The molecule has 0 saturated carbocycles. The Morgan fingerprint density at radius 3 is 2.56 bits per heavy atom. The molecule has 41 heavy (non-hydrogen) atoms. The molecule has 1 fully saturated rings. The number of nitrogens with one attached hydrogen (secondary N) is 1. The Hall–Kier alpha value is -3.38. The third-order valence-corrected chi connectivity index (χ3v) is 8.89. The molecule has 0 spiro atoms. The molecule has 0 radical (unpaired) electrons. The smallest absolute Gasteiger partial charge is 0.361 e. The van der Waals surface area contributed by atoms with Crippen molar-refractivity contribution in [1.82, 2.24) is 20.0 Å². The van der Waals surface area contributed by atoms with E-state index in [2.05, 4.69) is 10.4 Å². The fourth-order valence-corrected chi connectivity index (χ4v) is 6.43. The zero-order valence-corrected chi connectivity index (χ0v) is 23.8. The van der Waals surface area contributed by atoms with Gasteiger partial charge in [-0.3, -0.25) is 18.8 Å². The highest BCUT2D eigenvalue weighted by Crippen LogP contribution is 2.47. The number of carboxylic acid groups (broad SMARTS) is 1. The Bertz CT molecular complexity index is 1520. The quantitative estimate of drug-likeness (QED) is 0.313. The van der Waals surface area contributed by atoms with E-state index < -0.39 is 50.0 Å². The second-order valence-electron chi connectivity index (χ2n) is 9.17. The molecule has 1 aliphatic rings. The van der Waals surface area contributed by atoms with Crippen LogP contribution in [0.5, 0.6) is 0 Å². The van der Waals surface area contributed by atoms with Crippen LogP contribution in [0.4, 0.5) is 8.78 Å². The summed E-state index contributed by atoms with van der Waals surface area (Å²) in [4.78, 5) is 39.2. The number of rotatable bonds is 11. The Morgan fingerprint density at radius 2 is 1.90 bits per heavy atom. The minimum atomic E-state index is -3.76. The van der Waals surface area contributed by atoms with Crippen molar-refractivity contribution in [1.29, 1.82) is 0 Å². The van der Waals surface area contributed by atoms with E-state index in [9.17, 15) is 32.8 Å². The SMILES string of the molecule is CCOP(=O)(OCC)c1ccc2c(C(=O)O)nn(CC(=O)N3C[C@H](F)C[C@H]3C(=O)NCc3cccc(Cl)c3F)c2c1. The zero-order valence-electron chi connectivity index (χ0n) is 22.2. The normalized spacial score (nSPS) is 17.2. The van der Waals surface area contributed by atoms with E-state index in [1.54, 1.807) is 13.8 Å². The van der Waals surface area contributed by atoms with Crippen molar-refractivity contribution in [3.63, 3.8) is 0 Å². The van der Waals surface area contributed by atoms with Gasteiger partial charge >= 0.3 is 13.6 Å². The number of aromatic nitrogens is 2. The highest BCUT2D eigenvalue weighted by atomic mass is 35.5. The monoisotopic (exact) mass is 612 g/mol. The van der Waals surface area contributed by atoms with Crippen molar-refractivity contribution in [2.45, 2.75) is 45.6 Å². The van der Waals surface area contributed by atoms with E-state index in [-0.39, 0.29) is 65.2 Å². The van der Waals surface area contributed by atoms with Crippen LogP contribution in [0.15, 0.2) is 36.4 Å². The van der Waals surface area contributed by atoms with Gasteiger partial charge in [0.05, 0.1) is 35.6 Å². The zero-order chi connectivity index (χ0) is 29.9. The van der Waals surface area contributed by atoms with Gasteiger partial charge in [0, 0.05) is 23.9 Å². The second-order valence-corrected chi connectivity index (χ2v) is 11.6. The molecule has 1 saturated heterocycles. The largest absolute Gasteiger partial charge is 0.476 e. The molecule has 11 nitrogen and oxygen atoms in total. The molecule has 2 heterocycles. The number of hydrogen-bond acceptors (Lipinski definition) is 7. The predicted molar refractivity (Wildman–Crippen MR) is 145 cm³/mol. The average molecular weight is 613 g/mol. The Kier molecular flexibility index (Phi) is 9.43. The molecule has 2 amide bonds. The summed E-state index contributed by atoms with van der Waals surface area (Å²) in [5.74, 6) is -3.45. The van der Waals surface area contributed by atoms with E-state index in [0.29, 0.717) is 0 Å². The third kappa shape index (κ3) is 6.43. The number of carbonyl (C=O) groups excluding carboxylic acids is 2. The van der Waals surface area contributed by atoms with Crippen molar-refractivity contribution >= 4 is 53.2 Å². The molecule has 3 aromatic rings. The summed E-state index contributed by atoms with van der Waals surface area (Å²) in [6, 6.07) is 7.30. The fourth-order valence-electron chi connectivity index (χ4n) is 4.65. The molecule has 0 bridgehead atoms. The summed E-state index contributed by atoms with van der Waals surface area (Å²) in [6.07, 6.45) is -1.76. The van der Waals surface area contributed by atoms with Crippen molar-refractivity contribution in [2.75, 3.05) is 19.8 Å². The number of hydrogen-bond donors (Lipinski definition) is 2. The first-order valence-corrected chi connectivity index (χ1v) is 14.7. The first-order valence-electron chi connectivity index (χ1n) is 12.8. The molecule has 2 N–H and O–H groups in total. The number of aromatic carboxylic acids is 1. The highest BCUT2D eigenvalue weighted by molar-refractivity contribution is 7.62. The van der Waals surface area contributed by atoms with Crippen LogP contribution >= 0.6 is 19.2 Å². The van der Waals surface area contributed by atoms with Crippen LogP contribution in [0.25, 0.3) is 10.9 Å². The number of benzene rings is 2. The number of alkyl halides is 1. The van der Waals surface area contributed by atoms with E-state index in [4.69, 9.17) is 20.6 Å². The Morgan fingerprint density at radius 1 is 1.20 bits per heavy atom. The standard InChI is InChI=1S/C26H28ClF2N4O7P/c1-3-39-41(38,40-4-2)17-8-9-18-20(11-17)33(31-24(18)26(36)37)14-22(34)32-13-16(28)10-21(32)25(35)30-12-15-6-5-7-19(27)23(15)29/h5-9,11,16,21H,3-4,10,12-14H2,1-2H3,(H,30,35)(H,36,37)/t16-,21+/m1/s1. The lowest BCUT2D eigenvalue weighted by Gasteiger charge is -2.24. The Balaban J connectivity index is 1.60. The van der Waals surface area contributed by atoms with Crippen LogP contribution in [0.2, 0.25) is 5.02 Å². The maximum absolute atomic E-state index is 14.4. The number of carbonyl (C=O) groups is 3. The van der Waals surface area contributed by atoms with Gasteiger partial charge in [0.2, 0.25) is 11.8 Å². The second kappa shape index (κ2) is 12.6. The van der Waals surface area contributed by atoms with Gasteiger partial charge in [-0.2, -0.15) is 5.10 Å². The van der Waals surface area contributed by atoms with Crippen LogP contribution in [0.3, 0.4) is 0 Å². The molecule has 15 heteroatoms. The van der Waals surface area contributed by atoms with Gasteiger partial charge in [-0.25, -0.2) is 13.6 Å². The van der Waals surface area contributed by atoms with Gasteiger partial charge in [0.25, 0.3) is 0 Å². The van der Waals surface area contributed by atoms with E-state index >= 15 is 0 Å². The summed E-state index contributed by atoms with van der Waals surface area (Å²) in [5, 5.41) is 16.4. The Labute approximate surface area is 238 Å². The lowest BCUT2D eigenvalue weighted by molar-refractivity contribution is -0.139. The van der Waals surface area contributed by atoms with Gasteiger partial charge < -0.3 is 24.4 Å². The predicted octanol–water partition coefficient (Wildman–Crippen LogP) is 3.67. The van der Waals surface area contributed by atoms with Crippen molar-refractivity contribution in [2.24, 2.45) is 0 Å². The van der Waals surface area contributed by atoms with Crippen molar-refractivity contribution < 1.29 is 41.9 Å². The molecule has 220 valence electrons. The number of fused-ring (bicyclic) bond motifs is 1. The number of likely N-dealkylation sites (tertiary alicyclic amines) is 1. The van der Waals surface area contributed by atoms with Gasteiger partial charge in [-0.1, -0.05) is 23.7 Å². The molecule has 1 aromatic heterocycles. The topological polar surface area (TPSA) is 140 Å². The molecule has 0 aliphatic carbocycles. The summed E-state index contributed by atoms with van der Waals surface area (Å²) in [7, 11) is -3.76. The fraction of sp³-hybridized carbons (Fsp3) is 0.385. The van der Waals surface area contributed by atoms with Crippen LogP contribution in [0, 0.1) is 5.82 Å². The first kappa shape index (κ1) is 30.6. The number of halogens is 3. The third-order valence-electron chi connectivity index (χ3n) is 6.49. The molecule has 1 aliphatic heterocycles. The molecular weight excluding hydrogens is 585 g/mol. The average Bonchev–Trinajstić information content (AvgIpc) is 3.50. The lowest BCUT2D eigenvalue weighted by atomic mass is 10.1. The number of carboxylic acids is 1. The summed E-state index contributed by atoms with van der Waals surface area (Å²) in [5.41, 5.74) is -0.0825. The van der Waals surface area contributed by atoms with Gasteiger partial charge in [0.15, 0.2) is 5.69 Å².